The zero-order chi connectivity index (χ0) is 22.2. The van der Waals surface area contributed by atoms with Crippen LogP contribution in [0.2, 0.25) is 0 Å². The Kier molecular flexibility index (Phi) is 7.60. The predicted octanol–water partition coefficient (Wildman–Crippen LogP) is 5.09. The molecule has 0 radical (unpaired) electrons. The fourth-order valence-corrected chi connectivity index (χ4v) is 4.26. The molecule has 0 saturated heterocycles. The Hall–Kier alpha value is -3.07. The number of rotatable bonds is 10. The van der Waals surface area contributed by atoms with Crippen LogP contribution in [0.5, 0.6) is 0 Å². The molecule has 0 aliphatic carbocycles. The topological polar surface area (TPSA) is 71.9 Å². The van der Waals surface area contributed by atoms with Crippen LogP contribution in [0.4, 0.5) is 0 Å². The highest BCUT2D eigenvalue weighted by Gasteiger charge is 2.11. The number of aromatic amines is 1. The second-order valence-electron chi connectivity index (χ2n) is 7.31. The van der Waals surface area contributed by atoms with E-state index in [-0.39, 0.29) is 5.91 Å². The summed E-state index contributed by atoms with van der Waals surface area (Å²) >= 11 is 6.92. The summed E-state index contributed by atoms with van der Waals surface area (Å²) in [5.41, 5.74) is 3.27. The van der Waals surface area contributed by atoms with E-state index in [0.29, 0.717) is 37.5 Å². The first kappa shape index (κ1) is 22.1. The molecule has 0 spiro atoms. The largest absolute Gasteiger partial charge is 0.372 e. The van der Waals surface area contributed by atoms with Gasteiger partial charge in [-0.1, -0.05) is 60.7 Å². The number of carbonyl (C=O) groups excluding carboxylic acids is 1. The van der Waals surface area contributed by atoms with E-state index in [9.17, 15) is 4.79 Å². The van der Waals surface area contributed by atoms with Gasteiger partial charge in [0.25, 0.3) is 0 Å². The van der Waals surface area contributed by atoms with Crippen molar-refractivity contribution in [2.45, 2.75) is 32.7 Å². The van der Waals surface area contributed by atoms with Gasteiger partial charge in [-0.2, -0.15) is 5.10 Å². The van der Waals surface area contributed by atoms with Crippen molar-refractivity contribution < 1.29 is 9.53 Å². The van der Waals surface area contributed by atoms with E-state index in [2.05, 4.69) is 21.6 Å². The standard InChI is InChI=1S/C24H24N4O2S2/c29-22(11-12-28-23(26-27-24(28)31)21-10-5-13-32-21)25-15-19-8-4-9-20(14-19)17-30-16-18-6-2-1-3-7-18/h1-10,13-14H,11-12,15-17H2,(H,25,29)(H,27,31). The van der Waals surface area contributed by atoms with E-state index in [1.807, 2.05) is 70.6 Å². The molecule has 6 nitrogen and oxygen atoms in total. The summed E-state index contributed by atoms with van der Waals surface area (Å²) < 4.78 is 8.20. The molecule has 1 amide bonds. The summed E-state index contributed by atoms with van der Waals surface area (Å²) in [5.74, 6) is 0.733. The molecular weight excluding hydrogens is 440 g/mol. The van der Waals surface area contributed by atoms with E-state index >= 15 is 0 Å². The van der Waals surface area contributed by atoms with Crippen LogP contribution in [0.15, 0.2) is 72.1 Å². The Balaban J connectivity index is 1.25. The van der Waals surface area contributed by atoms with E-state index < -0.39 is 0 Å². The van der Waals surface area contributed by atoms with Crippen molar-refractivity contribution in [1.29, 1.82) is 0 Å². The highest BCUT2D eigenvalue weighted by molar-refractivity contribution is 7.71. The lowest BCUT2D eigenvalue weighted by Crippen LogP contribution is -2.24. The molecule has 0 atom stereocenters. The molecule has 164 valence electrons. The minimum atomic E-state index is -0.0315. The number of ether oxygens (including phenoxy) is 1. The molecule has 0 fully saturated rings. The lowest BCUT2D eigenvalue weighted by atomic mass is 10.1. The average molecular weight is 465 g/mol. The number of nitrogens with one attached hydrogen (secondary N) is 2. The molecule has 0 bridgehead atoms. The van der Waals surface area contributed by atoms with Gasteiger partial charge in [-0.05, 0) is 40.4 Å². The average Bonchev–Trinajstić information content (AvgIpc) is 3.47. The minimum absolute atomic E-state index is 0.0315. The molecular formula is C24H24N4O2S2. The Morgan fingerprint density at radius 2 is 1.81 bits per heavy atom. The SMILES string of the molecule is O=C(CCn1c(-c2cccs2)n[nH]c1=S)NCc1cccc(COCc2ccccc2)c1. The van der Waals surface area contributed by atoms with Gasteiger partial charge in [-0.15, -0.1) is 11.3 Å². The molecule has 0 aliphatic heterocycles. The number of nitrogens with zero attached hydrogens (tertiary/aromatic N) is 2. The molecule has 2 heterocycles. The highest BCUT2D eigenvalue weighted by atomic mass is 32.1. The number of aromatic nitrogens is 3. The maximum Gasteiger partial charge on any atom is 0.222 e. The van der Waals surface area contributed by atoms with Crippen molar-refractivity contribution in [3.8, 4) is 10.7 Å². The Bertz CT molecular complexity index is 1200. The fraction of sp³-hybridized carbons (Fsp3) is 0.208. The Labute approximate surface area is 195 Å². The van der Waals surface area contributed by atoms with Crippen LogP contribution in [0.3, 0.4) is 0 Å². The van der Waals surface area contributed by atoms with Gasteiger partial charge in [0.05, 0.1) is 18.1 Å². The summed E-state index contributed by atoms with van der Waals surface area (Å²) in [7, 11) is 0. The zero-order valence-electron chi connectivity index (χ0n) is 17.5. The van der Waals surface area contributed by atoms with Crippen LogP contribution in [-0.4, -0.2) is 20.7 Å². The Morgan fingerprint density at radius 3 is 2.62 bits per heavy atom. The smallest absolute Gasteiger partial charge is 0.222 e. The quantitative estimate of drug-likeness (QED) is 0.321. The number of thiophene rings is 1. The highest BCUT2D eigenvalue weighted by Crippen LogP contribution is 2.22. The molecule has 4 rings (SSSR count). The first-order valence-corrected chi connectivity index (χ1v) is 11.6. The van der Waals surface area contributed by atoms with Gasteiger partial charge in [0.2, 0.25) is 5.91 Å². The van der Waals surface area contributed by atoms with Gasteiger partial charge >= 0.3 is 0 Å². The molecule has 2 aromatic heterocycles. The van der Waals surface area contributed by atoms with Gasteiger partial charge in [0.1, 0.15) is 0 Å². The number of hydrogen-bond donors (Lipinski definition) is 2. The maximum atomic E-state index is 12.4. The molecule has 0 aliphatic rings. The third kappa shape index (κ3) is 6.00. The summed E-state index contributed by atoms with van der Waals surface area (Å²) in [6.07, 6.45) is 0.325. The summed E-state index contributed by atoms with van der Waals surface area (Å²) in [6.45, 7) is 2.05. The first-order valence-electron chi connectivity index (χ1n) is 10.3. The molecule has 2 N–H and O–H groups in total. The molecule has 32 heavy (non-hydrogen) atoms. The van der Waals surface area contributed by atoms with Gasteiger partial charge in [0.15, 0.2) is 10.6 Å². The first-order chi connectivity index (χ1) is 15.7. The van der Waals surface area contributed by atoms with Crippen molar-refractivity contribution in [3.63, 3.8) is 0 Å². The normalized spacial score (nSPS) is 10.9. The van der Waals surface area contributed by atoms with Crippen molar-refractivity contribution >= 4 is 29.5 Å². The zero-order valence-corrected chi connectivity index (χ0v) is 19.1. The minimum Gasteiger partial charge on any atom is -0.372 e. The van der Waals surface area contributed by atoms with Gasteiger partial charge in [-0.25, -0.2) is 0 Å². The number of H-pyrrole nitrogens is 1. The van der Waals surface area contributed by atoms with Crippen molar-refractivity contribution in [3.05, 3.63) is 93.6 Å². The monoisotopic (exact) mass is 464 g/mol. The van der Waals surface area contributed by atoms with Crippen LogP contribution in [0, 0.1) is 4.77 Å². The number of benzene rings is 2. The second kappa shape index (κ2) is 11.0. The van der Waals surface area contributed by atoms with Gasteiger partial charge in [0, 0.05) is 19.5 Å². The van der Waals surface area contributed by atoms with E-state index in [1.165, 1.54) is 0 Å². The van der Waals surface area contributed by atoms with Crippen LogP contribution in [0.25, 0.3) is 10.7 Å². The van der Waals surface area contributed by atoms with Crippen LogP contribution >= 0.6 is 23.6 Å². The van der Waals surface area contributed by atoms with E-state index in [1.54, 1.807) is 11.3 Å². The third-order valence-electron chi connectivity index (χ3n) is 4.92. The second-order valence-corrected chi connectivity index (χ2v) is 8.64. The molecule has 0 unspecified atom stereocenters. The molecule has 4 aromatic rings. The summed E-state index contributed by atoms with van der Waals surface area (Å²) in [5, 5.41) is 12.1. The van der Waals surface area contributed by atoms with Crippen LogP contribution in [-0.2, 0) is 35.8 Å². The summed E-state index contributed by atoms with van der Waals surface area (Å²) in [4.78, 5) is 13.4. The predicted molar refractivity (Wildman–Crippen MR) is 129 cm³/mol. The molecule has 0 saturated carbocycles. The number of amides is 1. The number of carbonyl (C=O) groups is 1. The number of hydrogen-bond acceptors (Lipinski definition) is 5. The van der Waals surface area contributed by atoms with Crippen molar-refractivity contribution in [1.82, 2.24) is 20.1 Å². The maximum absolute atomic E-state index is 12.4. The molecule has 8 heteroatoms. The molecule has 2 aromatic carbocycles. The van der Waals surface area contributed by atoms with Gasteiger partial charge < -0.3 is 10.1 Å². The van der Waals surface area contributed by atoms with Crippen LogP contribution < -0.4 is 5.32 Å². The van der Waals surface area contributed by atoms with E-state index in [0.717, 1.165) is 27.4 Å². The van der Waals surface area contributed by atoms with Crippen molar-refractivity contribution in [2.75, 3.05) is 0 Å². The third-order valence-corrected chi connectivity index (χ3v) is 6.10. The van der Waals surface area contributed by atoms with Crippen molar-refractivity contribution in [2.24, 2.45) is 0 Å². The lowest BCUT2D eigenvalue weighted by molar-refractivity contribution is -0.121. The summed E-state index contributed by atoms with van der Waals surface area (Å²) in [6, 6.07) is 22.1. The fourth-order valence-electron chi connectivity index (χ4n) is 3.31. The van der Waals surface area contributed by atoms with Gasteiger partial charge in [-0.3, -0.25) is 14.5 Å². The van der Waals surface area contributed by atoms with Crippen LogP contribution in [0.1, 0.15) is 23.1 Å². The Morgan fingerprint density at radius 1 is 1.03 bits per heavy atom. The van der Waals surface area contributed by atoms with E-state index in [4.69, 9.17) is 17.0 Å². The lowest BCUT2D eigenvalue weighted by Gasteiger charge is -2.09.